The van der Waals surface area contributed by atoms with Crippen LogP contribution in [0.25, 0.3) is 10.9 Å². The molecule has 1 aromatic heterocycles. The molecule has 1 aliphatic carbocycles. The molecule has 2 unspecified atom stereocenters. The fourth-order valence-electron chi connectivity index (χ4n) is 3.48. The Morgan fingerprint density at radius 2 is 2.08 bits per heavy atom. The number of pyridine rings is 1. The lowest BCUT2D eigenvalue weighted by molar-refractivity contribution is 0.0605. The van der Waals surface area contributed by atoms with Gasteiger partial charge in [0, 0.05) is 47.2 Å². The highest BCUT2D eigenvalue weighted by molar-refractivity contribution is 6.31. The first-order chi connectivity index (χ1) is 11.5. The minimum Gasteiger partial charge on any atom is -0.333 e. The van der Waals surface area contributed by atoms with Crippen LogP contribution in [0.3, 0.4) is 0 Å². The van der Waals surface area contributed by atoms with Gasteiger partial charge in [-0.2, -0.15) is 0 Å². The van der Waals surface area contributed by atoms with E-state index in [0.717, 1.165) is 35.2 Å². The fourth-order valence-corrected chi connectivity index (χ4v) is 3.65. The molecule has 1 saturated carbocycles. The highest BCUT2D eigenvalue weighted by Gasteiger charge is 2.32. The molecule has 1 N–H and O–H groups in total. The van der Waals surface area contributed by atoms with Crippen molar-refractivity contribution in [3.05, 3.63) is 40.5 Å². The van der Waals surface area contributed by atoms with E-state index in [4.69, 9.17) is 16.6 Å². The van der Waals surface area contributed by atoms with Gasteiger partial charge in [0.25, 0.3) is 5.91 Å². The maximum atomic E-state index is 13.3. The summed E-state index contributed by atoms with van der Waals surface area (Å²) in [6.07, 6.45) is 2.33. The molecule has 5 heteroatoms. The van der Waals surface area contributed by atoms with E-state index in [1.165, 1.54) is 12.8 Å². The van der Waals surface area contributed by atoms with Crippen LogP contribution in [0, 0.1) is 0 Å². The Balaban J connectivity index is 1.81. The molecule has 2 heterocycles. The first kappa shape index (κ1) is 15.9. The number of carbonyl (C=O) groups excluding carboxylic acids is 1. The van der Waals surface area contributed by atoms with Crippen molar-refractivity contribution in [2.45, 2.75) is 44.7 Å². The Morgan fingerprint density at radius 1 is 1.29 bits per heavy atom. The molecular formula is C19H22ClN3O. The van der Waals surface area contributed by atoms with Crippen LogP contribution in [0.1, 0.15) is 48.7 Å². The Labute approximate surface area is 147 Å². The molecule has 0 radical (unpaired) electrons. The number of piperazine rings is 1. The molecule has 4 rings (SSSR count). The van der Waals surface area contributed by atoms with Gasteiger partial charge in [0.2, 0.25) is 0 Å². The van der Waals surface area contributed by atoms with Gasteiger partial charge in [-0.3, -0.25) is 9.78 Å². The quantitative estimate of drug-likeness (QED) is 0.906. The molecule has 4 nitrogen and oxygen atoms in total. The minimum absolute atomic E-state index is 0.0902. The molecule has 2 fully saturated rings. The average molecular weight is 344 g/mol. The van der Waals surface area contributed by atoms with Gasteiger partial charge in [-0.05, 0) is 51.0 Å². The van der Waals surface area contributed by atoms with E-state index < -0.39 is 0 Å². The van der Waals surface area contributed by atoms with Crippen molar-refractivity contribution in [1.29, 1.82) is 0 Å². The van der Waals surface area contributed by atoms with Crippen LogP contribution in [0.15, 0.2) is 24.3 Å². The smallest absolute Gasteiger partial charge is 0.254 e. The number of carbonyl (C=O) groups is 1. The number of amides is 1. The van der Waals surface area contributed by atoms with E-state index in [2.05, 4.69) is 19.2 Å². The standard InChI is InChI=1S/C19H22ClN3O/c1-11-12(2)23(8-7-21-11)19(24)16-10-18(13-3-4-13)22-17-6-5-14(20)9-15(16)17/h5-6,9-13,21H,3-4,7-8H2,1-2H3. The van der Waals surface area contributed by atoms with Crippen molar-refractivity contribution >= 4 is 28.4 Å². The summed E-state index contributed by atoms with van der Waals surface area (Å²) in [5.41, 5.74) is 2.65. The topological polar surface area (TPSA) is 45.2 Å². The number of rotatable bonds is 2. The van der Waals surface area contributed by atoms with Crippen LogP contribution in [-0.2, 0) is 0 Å². The molecule has 2 atom stereocenters. The highest BCUT2D eigenvalue weighted by Crippen LogP contribution is 2.40. The molecule has 24 heavy (non-hydrogen) atoms. The number of hydrogen-bond donors (Lipinski definition) is 1. The number of halogens is 1. The molecule has 1 saturated heterocycles. The van der Waals surface area contributed by atoms with Crippen LogP contribution in [0.2, 0.25) is 5.02 Å². The number of benzene rings is 1. The SMILES string of the molecule is CC1NCCN(C(=O)c2cc(C3CC3)nc3ccc(Cl)cc23)C1C. The van der Waals surface area contributed by atoms with Crippen molar-refractivity contribution in [1.82, 2.24) is 15.2 Å². The number of hydrogen-bond acceptors (Lipinski definition) is 3. The van der Waals surface area contributed by atoms with Crippen molar-refractivity contribution < 1.29 is 4.79 Å². The summed E-state index contributed by atoms with van der Waals surface area (Å²) >= 11 is 6.18. The second-order valence-corrected chi connectivity index (χ2v) is 7.45. The summed E-state index contributed by atoms with van der Waals surface area (Å²) in [5.74, 6) is 0.600. The van der Waals surface area contributed by atoms with Gasteiger partial charge in [-0.25, -0.2) is 0 Å². The molecule has 2 aromatic rings. The molecular weight excluding hydrogens is 322 g/mol. The second kappa shape index (κ2) is 6.01. The minimum atomic E-state index is 0.0902. The Bertz CT molecular complexity index is 803. The number of nitrogens with one attached hydrogen (secondary N) is 1. The normalized spacial score (nSPS) is 24.4. The van der Waals surface area contributed by atoms with Crippen molar-refractivity contribution in [3.8, 4) is 0 Å². The van der Waals surface area contributed by atoms with E-state index in [9.17, 15) is 4.79 Å². The average Bonchev–Trinajstić information content (AvgIpc) is 3.41. The van der Waals surface area contributed by atoms with E-state index in [0.29, 0.717) is 17.0 Å². The van der Waals surface area contributed by atoms with E-state index in [1.807, 2.05) is 29.2 Å². The van der Waals surface area contributed by atoms with Gasteiger partial charge in [-0.15, -0.1) is 0 Å². The predicted molar refractivity (Wildman–Crippen MR) is 96.7 cm³/mol. The van der Waals surface area contributed by atoms with Gasteiger partial charge >= 0.3 is 0 Å². The summed E-state index contributed by atoms with van der Waals surface area (Å²) in [6.45, 7) is 5.79. The maximum absolute atomic E-state index is 13.3. The van der Waals surface area contributed by atoms with Crippen molar-refractivity contribution in [2.75, 3.05) is 13.1 Å². The fraction of sp³-hybridized carbons (Fsp3) is 0.474. The van der Waals surface area contributed by atoms with Crippen LogP contribution in [-0.4, -0.2) is 41.0 Å². The largest absolute Gasteiger partial charge is 0.333 e. The van der Waals surface area contributed by atoms with Crippen LogP contribution in [0.5, 0.6) is 0 Å². The number of nitrogens with zero attached hydrogens (tertiary/aromatic N) is 2. The van der Waals surface area contributed by atoms with E-state index in [-0.39, 0.29) is 11.9 Å². The zero-order chi connectivity index (χ0) is 16.8. The second-order valence-electron chi connectivity index (χ2n) is 7.01. The van der Waals surface area contributed by atoms with E-state index in [1.54, 1.807) is 0 Å². The van der Waals surface area contributed by atoms with Crippen LogP contribution >= 0.6 is 11.6 Å². The van der Waals surface area contributed by atoms with Gasteiger partial charge in [0.05, 0.1) is 11.1 Å². The zero-order valence-electron chi connectivity index (χ0n) is 14.1. The third kappa shape index (κ3) is 2.78. The zero-order valence-corrected chi connectivity index (χ0v) is 14.8. The lowest BCUT2D eigenvalue weighted by Gasteiger charge is -2.38. The van der Waals surface area contributed by atoms with Gasteiger partial charge in [0.15, 0.2) is 0 Å². The van der Waals surface area contributed by atoms with Gasteiger partial charge < -0.3 is 10.2 Å². The molecule has 0 spiro atoms. The molecule has 0 bridgehead atoms. The number of fused-ring (bicyclic) bond motifs is 1. The molecule has 1 aromatic carbocycles. The number of aromatic nitrogens is 1. The molecule has 1 amide bonds. The lowest BCUT2D eigenvalue weighted by Crippen LogP contribution is -2.57. The van der Waals surface area contributed by atoms with Crippen molar-refractivity contribution in [3.63, 3.8) is 0 Å². The first-order valence-corrected chi connectivity index (χ1v) is 9.07. The van der Waals surface area contributed by atoms with Gasteiger partial charge in [0.1, 0.15) is 0 Å². The lowest BCUT2D eigenvalue weighted by atomic mass is 10.0. The molecule has 1 aliphatic heterocycles. The Kier molecular flexibility index (Phi) is 3.97. The summed E-state index contributed by atoms with van der Waals surface area (Å²) in [5, 5.41) is 4.92. The van der Waals surface area contributed by atoms with Gasteiger partial charge in [-0.1, -0.05) is 11.6 Å². The summed E-state index contributed by atoms with van der Waals surface area (Å²) < 4.78 is 0. The third-order valence-corrected chi connectivity index (χ3v) is 5.55. The van der Waals surface area contributed by atoms with Crippen LogP contribution < -0.4 is 5.32 Å². The Hall–Kier alpha value is -1.65. The third-order valence-electron chi connectivity index (χ3n) is 5.31. The van der Waals surface area contributed by atoms with Crippen molar-refractivity contribution in [2.24, 2.45) is 0 Å². The highest BCUT2D eigenvalue weighted by atomic mass is 35.5. The summed E-state index contributed by atoms with van der Waals surface area (Å²) in [7, 11) is 0. The first-order valence-electron chi connectivity index (χ1n) is 8.69. The van der Waals surface area contributed by atoms with Crippen LogP contribution in [0.4, 0.5) is 0 Å². The Morgan fingerprint density at radius 3 is 2.83 bits per heavy atom. The van der Waals surface area contributed by atoms with E-state index >= 15 is 0 Å². The molecule has 126 valence electrons. The maximum Gasteiger partial charge on any atom is 0.254 e. The monoisotopic (exact) mass is 343 g/mol. The summed E-state index contributed by atoms with van der Waals surface area (Å²) in [4.78, 5) is 20.0. The predicted octanol–water partition coefficient (Wildman–Crippen LogP) is 3.59. The molecule has 2 aliphatic rings. The summed E-state index contributed by atoms with van der Waals surface area (Å²) in [6, 6.07) is 8.09.